The van der Waals surface area contributed by atoms with Gasteiger partial charge in [-0.25, -0.2) is 19.9 Å². The minimum absolute atomic E-state index is 0.0552. The zero-order valence-corrected chi connectivity index (χ0v) is 42.8. The fourth-order valence-corrected chi connectivity index (χ4v) is 12.6. The second-order valence-electron chi connectivity index (χ2n) is 20.5. The third-order valence-electron chi connectivity index (χ3n) is 16.2. The number of hydrogen-bond donors (Lipinski definition) is 0. The number of fused-ring (bicyclic) bond motifs is 6. The van der Waals surface area contributed by atoms with Gasteiger partial charge < -0.3 is 19.6 Å². The molecule has 0 unspecified atom stereocenters. The Morgan fingerprint density at radius 1 is 0.319 bits per heavy atom. The lowest BCUT2D eigenvalue weighted by atomic mass is 9.80. The molecule has 12 heteroatoms. The van der Waals surface area contributed by atoms with E-state index in [0.29, 0.717) is 44.5 Å². The first-order chi connectivity index (χ1) is 35.3. The Kier molecular flexibility index (Phi) is 13.4. The van der Waals surface area contributed by atoms with Crippen LogP contribution >= 0.6 is 0 Å². The lowest BCUT2D eigenvalue weighted by Crippen LogP contribution is -2.36. The first-order valence-corrected chi connectivity index (χ1v) is 27.4. The predicted molar refractivity (Wildman–Crippen MR) is 287 cm³/mol. The number of piperidine rings is 4. The van der Waals surface area contributed by atoms with Crippen molar-refractivity contribution in [1.29, 1.82) is 0 Å². The van der Waals surface area contributed by atoms with Crippen LogP contribution in [0, 0.1) is 0 Å². The molecule has 4 aliphatic heterocycles. The van der Waals surface area contributed by atoms with Crippen molar-refractivity contribution in [2.24, 2.45) is 0 Å². The van der Waals surface area contributed by atoms with Crippen LogP contribution in [-0.4, -0.2) is 95.4 Å². The van der Waals surface area contributed by atoms with Gasteiger partial charge in [-0.05, 0) is 103 Å². The molecule has 0 N–H and O–H groups in total. The van der Waals surface area contributed by atoms with Crippen LogP contribution in [0.1, 0.15) is 191 Å². The standard InChI is InChI=1S/2C30H34N4O2/c2*1-3-21-22(4-2)32-26-25(31-21)27(33-15-9-5-10-16-33)23-24(28(26)34-17-11-6-12-18-34)30(36)20-14-8-7-13-19(20)29(23)35/h2*7-8,13-14H,3-6,9-12,15-18H2,1-2H3. The van der Waals surface area contributed by atoms with E-state index in [-0.39, 0.29) is 23.1 Å². The van der Waals surface area contributed by atoms with Gasteiger partial charge in [-0.15, -0.1) is 0 Å². The van der Waals surface area contributed by atoms with Gasteiger partial charge in [0.2, 0.25) is 0 Å². The predicted octanol–water partition coefficient (Wildman–Crippen LogP) is 11.0. The second kappa shape index (κ2) is 20.2. The molecule has 2 aromatic heterocycles. The summed E-state index contributed by atoms with van der Waals surface area (Å²) in [5, 5.41) is 0. The number of rotatable bonds is 8. The first-order valence-electron chi connectivity index (χ1n) is 27.4. The SMILES string of the molecule is CCc1nc2c(N3CCCCC3)c3c(c(N4CCCCC4)c2nc1CC)C(=O)c1ccccc1C3=O.CCc1nc2c(N3CCCCC3)c3c(c(N4CCCCC4)c2nc1CC)C(=O)c1ccccc1C3=O. The summed E-state index contributed by atoms with van der Waals surface area (Å²) >= 11 is 0. The van der Waals surface area contributed by atoms with Gasteiger partial charge in [-0.1, -0.05) is 76.2 Å². The highest BCUT2D eigenvalue weighted by Gasteiger charge is 2.42. The molecule has 4 saturated heterocycles. The molecule has 372 valence electrons. The van der Waals surface area contributed by atoms with Crippen molar-refractivity contribution in [3.8, 4) is 0 Å². The summed E-state index contributed by atoms with van der Waals surface area (Å²) in [7, 11) is 0. The molecule has 6 aliphatic rings. The Balaban J connectivity index is 0.000000156. The van der Waals surface area contributed by atoms with E-state index >= 15 is 0 Å². The van der Waals surface area contributed by atoms with Gasteiger partial charge in [0.05, 0.1) is 67.8 Å². The maximum Gasteiger partial charge on any atom is 0.196 e. The molecule has 4 fully saturated rings. The Morgan fingerprint density at radius 2 is 0.514 bits per heavy atom. The van der Waals surface area contributed by atoms with Gasteiger partial charge in [0.25, 0.3) is 0 Å². The van der Waals surface area contributed by atoms with Crippen molar-refractivity contribution in [2.45, 2.75) is 130 Å². The van der Waals surface area contributed by atoms with Crippen LogP contribution in [0.15, 0.2) is 48.5 Å². The fourth-order valence-electron chi connectivity index (χ4n) is 12.6. The molecule has 0 spiro atoms. The number of carbonyl (C=O) groups excluding carboxylic acids is 4. The smallest absolute Gasteiger partial charge is 0.196 e. The minimum Gasteiger partial charge on any atom is -0.369 e. The van der Waals surface area contributed by atoms with Gasteiger partial charge >= 0.3 is 0 Å². The van der Waals surface area contributed by atoms with Gasteiger partial charge in [0, 0.05) is 74.6 Å². The van der Waals surface area contributed by atoms with Crippen molar-refractivity contribution in [2.75, 3.05) is 72.0 Å². The van der Waals surface area contributed by atoms with Crippen LogP contribution in [-0.2, 0) is 25.7 Å². The number of hydrogen-bond acceptors (Lipinski definition) is 12. The van der Waals surface area contributed by atoms with E-state index in [0.717, 1.165) is 197 Å². The third kappa shape index (κ3) is 8.04. The van der Waals surface area contributed by atoms with Crippen molar-refractivity contribution >= 4 is 67.9 Å². The van der Waals surface area contributed by atoms with Gasteiger partial charge in [0.1, 0.15) is 22.1 Å². The summed E-state index contributed by atoms with van der Waals surface area (Å²) < 4.78 is 0. The van der Waals surface area contributed by atoms with E-state index < -0.39 is 0 Å². The molecule has 4 aromatic carbocycles. The summed E-state index contributed by atoms with van der Waals surface area (Å²) in [5.74, 6) is -0.221. The molecular formula is C60H68N8O4. The summed E-state index contributed by atoms with van der Waals surface area (Å²) in [6, 6.07) is 14.6. The van der Waals surface area contributed by atoms with Gasteiger partial charge in [0.15, 0.2) is 23.1 Å². The minimum atomic E-state index is -0.0552. The molecule has 6 aromatic rings. The normalized spacial score (nSPS) is 17.9. The quantitative estimate of drug-likeness (QED) is 0.144. The van der Waals surface area contributed by atoms with Crippen molar-refractivity contribution in [3.05, 3.63) is 116 Å². The van der Waals surface area contributed by atoms with Gasteiger partial charge in [-0.2, -0.15) is 0 Å². The van der Waals surface area contributed by atoms with Crippen molar-refractivity contribution < 1.29 is 19.2 Å². The van der Waals surface area contributed by atoms with Crippen LogP contribution in [0.2, 0.25) is 0 Å². The highest BCUT2D eigenvalue weighted by atomic mass is 16.1. The maximum atomic E-state index is 14.2. The van der Waals surface area contributed by atoms with E-state index in [2.05, 4.69) is 47.3 Å². The fraction of sp³-hybridized carbons (Fsp3) is 0.467. The molecule has 2 aliphatic carbocycles. The van der Waals surface area contributed by atoms with Crippen LogP contribution < -0.4 is 19.6 Å². The van der Waals surface area contributed by atoms with Crippen LogP contribution in [0.25, 0.3) is 22.1 Å². The monoisotopic (exact) mass is 965 g/mol. The summed E-state index contributed by atoms with van der Waals surface area (Å²) in [6.07, 6.45) is 16.5. The number of benzene rings is 4. The Labute approximate surface area is 423 Å². The molecule has 0 atom stereocenters. The van der Waals surface area contributed by atoms with Crippen LogP contribution in [0.4, 0.5) is 22.7 Å². The molecular weight excluding hydrogens is 897 g/mol. The maximum absolute atomic E-state index is 14.2. The molecule has 0 bridgehead atoms. The Bertz CT molecular complexity index is 2740. The lowest BCUT2D eigenvalue weighted by Gasteiger charge is -2.37. The molecule has 6 heterocycles. The highest BCUT2D eigenvalue weighted by molar-refractivity contribution is 6.36. The first kappa shape index (κ1) is 47.7. The van der Waals surface area contributed by atoms with Gasteiger partial charge in [-0.3, -0.25) is 19.2 Å². The summed E-state index contributed by atoms with van der Waals surface area (Å²) in [6.45, 7) is 15.4. The van der Waals surface area contributed by atoms with Crippen molar-refractivity contribution in [1.82, 2.24) is 19.9 Å². The zero-order chi connectivity index (χ0) is 49.6. The molecule has 12 rings (SSSR count). The van der Waals surface area contributed by atoms with E-state index in [4.69, 9.17) is 19.9 Å². The van der Waals surface area contributed by atoms with Crippen LogP contribution in [0.3, 0.4) is 0 Å². The largest absolute Gasteiger partial charge is 0.369 e. The number of nitrogens with zero attached hydrogens (tertiary/aromatic N) is 8. The number of aryl methyl sites for hydroxylation is 4. The lowest BCUT2D eigenvalue weighted by molar-refractivity contribution is 0.0980. The molecule has 0 amide bonds. The Morgan fingerprint density at radius 3 is 0.694 bits per heavy atom. The molecule has 0 saturated carbocycles. The molecule has 72 heavy (non-hydrogen) atoms. The average molecular weight is 965 g/mol. The second-order valence-corrected chi connectivity index (χ2v) is 20.5. The number of carbonyl (C=O) groups is 4. The van der Waals surface area contributed by atoms with Crippen LogP contribution in [0.5, 0.6) is 0 Å². The summed E-state index contributed by atoms with van der Waals surface area (Å²) in [5.41, 5.74) is 14.7. The number of ketones is 4. The van der Waals surface area contributed by atoms with E-state index in [1.165, 1.54) is 25.7 Å². The Hall–Kier alpha value is -6.56. The van der Waals surface area contributed by atoms with E-state index in [1.807, 2.05) is 24.3 Å². The number of anilines is 4. The van der Waals surface area contributed by atoms with E-state index in [9.17, 15) is 19.2 Å². The topological polar surface area (TPSA) is 133 Å². The molecule has 0 radical (unpaired) electrons. The zero-order valence-electron chi connectivity index (χ0n) is 42.8. The van der Waals surface area contributed by atoms with E-state index in [1.54, 1.807) is 24.3 Å². The molecule has 12 nitrogen and oxygen atoms in total. The highest BCUT2D eigenvalue weighted by Crippen LogP contribution is 2.48. The average Bonchev–Trinajstić information content (AvgIpc) is 3.44. The number of aromatic nitrogens is 4. The third-order valence-corrected chi connectivity index (χ3v) is 16.2. The summed E-state index contributed by atoms with van der Waals surface area (Å²) in [4.78, 5) is 87.0. The van der Waals surface area contributed by atoms with Crippen molar-refractivity contribution in [3.63, 3.8) is 0 Å².